The van der Waals surface area contributed by atoms with Gasteiger partial charge in [-0.3, -0.25) is 0 Å². The van der Waals surface area contributed by atoms with Gasteiger partial charge in [-0.1, -0.05) is 20.3 Å². The van der Waals surface area contributed by atoms with E-state index in [0.29, 0.717) is 0 Å². The molecule has 14 heavy (non-hydrogen) atoms. The molecule has 1 aliphatic heterocycles. The van der Waals surface area contributed by atoms with Gasteiger partial charge in [-0.15, -0.1) is 0 Å². The first-order chi connectivity index (χ1) is 6.74. The highest BCUT2D eigenvalue weighted by atomic mass is 32.1. The third kappa shape index (κ3) is 3.82. The molecule has 0 aromatic carbocycles. The third-order valence-electron chi connectivity index (χ3n) is 2.88. The van der Waals surface area contributed by atoms with Crippen LogP contribution in [0.2, 0.25) is 0 Å². The lowest BCUT2D eigenvalue weighted by Crippen LogP contribution is -2.44. The van der Waals surface area contributed by atoms with Gasteiger partial charge in [-0.05, 0) is 37.4 Å². The average Bonchev–Trinajstić information content (AvgIpc) is 2.19. The zero-order valence-electron chi connectivity index (χ0n) is 9.38. The number of hydrogen-bond acceptors (Lipinski definition) is 1. The smallest absolute Gasteiger partial charge is 0.168 e. The second-order valence-electron chi connectivity index (χ2n) is 4.26. The van der Waals surface area contributed by atoms with Crippen molar-refractivity contribution in [3.05, 3.63) is 0 Å². The van der Waals surface area contributed by atoms with E-state index in [4.69, 9.17) is 12.2 Å². The van der Waals surface area contributed by atoms with Gasteiger partial charge in [0.1, 0.15) is 0 Å². The Kier molecular flexibility index (Phi) is 5.23. The van der Waals surface area contributed by atoms with Crippen molar-refractivity contribution in [3.63, 3.8) is 0 Å². The molecule has 1 N–H and O–H groups in total. The fourth-order valence-electron chi connectivity index (χ4n) is 1.70. The van der Waals surface area contributed by atoms with E-state index in [1.807, 2.05) is 0 Å². The molecule has 0 amide bonds. The minimum absolute atomic E-state index is 0.879. The highest BCUT2D eigenvalue weighted by Gasteiger charge is 2.17. The van der Waals surface area contributed by atoms with Crippen molar-refractivity contribution >= 4 is 17.3 Å². The van der Waals surface area contributed by atoms with Gasteiger partial charge >= 0.3 is 0 Å². The molecule has 0 spiro atoms. The lowest BCUT2D eigenvalue weighted by molar-refractivity contribution is 0.278. The molecule has 0 atom stereocenters. The van der Waals surface area contributed by atoms with Crippen LogP contribution in [0, 0.1) is 5.92 Å². The molecule has 82 valence electrons. The third-order valence-corrected chi connectivity index (χ3v) is 3.28. The van der Waals surface area contributed by atoms with Crippen LogP contribution in [0.15, 0.2) is 0 Å². The molecule has 3 heteroatoms. The predicted molar refractivity (Wildman–Crippen MR) is 65.5 cm³/mol. The largest absolute Gasteiger partial charge is 0.363 e. The van der Waals surface area contributed by atoms with Gasteiger partial charge in [0.2, 0.25) is 0 Å². The Morgan fingerprint density at radius 3 is 2.64 bits per heavy atom. The molecule has 0 aromatic heterocycles. The summed E-state index contributed by atoms with van der Waals surface area (Å²) in [5, 5.41) is 4.29. The highest BCUT2D eigenvalue weighted by Crippen LogP contribution is 2.15. The molecule has 1 aliphatic rings. The van der Waals surface area contributed by atoms with E-state index in [-0.39, 0.29) is 0 Å². The lowest BCUT2D eigenvalue weighted by atomic mass is 10.00. The van der Waals surface area contributed by atoms with E-state index in [9.17, 15) is 0 Å². The summed E-state index contributed by atoms with van der Waals surface area (Å²) >= 11 is 5.34. The number of thiocarbonyl (C=S) groups is 1. The van der Waals surface area contributed by atoms with Crippen LogP contribution in [0.3, 0.4) is 0 Å². The Balaban J connectivity index is 2.17. The molecule has 0 bridgehead atoms. The number of piperidine rings is 1. The molecule has 0 aliphatic carbocycles. The van der Waals surface area contributed by atoms with Gasteiger partial charge in [0, 0.05) is 19.6 Å². The summed E-state index contributed by atoms with van der Waals surface area (Å²) in [6, 6.07) is 0. The van der Waals surface area contributed by atoms with E-state index >= 15 is 0 Å². The van der Waals surface area contributed by atoms with Crippen LogP contribution in [0.4, 0.5) is 0 Å². The number of nitrogens with one attached hydrogen (secondary N) is 1. The Bertz CT molecular complexity index is 174. The molecule has 0 saturated carbocycles. The Labute approximate surface area is 93.1 Å². The van der Waals surface area contributed by atoms with Gasteiger partial charge in [0.25, 0.3) is 0 Å². The van der Waals surface area contributed by atoms with Gasteiger partial charge in [0.05, 0.1) is 0 Å². The minimum atomic E-state index is 0.879. The van der Waals surface area contributed by atoms with Crippen LogP contribution in [-0.4, -0.2) is 29.6 Å². The molecule has 1 rings (SSSR count). The van der Waals surface area contributed by atoms with E-state index in [1.165, 1.54) is 25.7 Å². The fourth-order valence-corrected chi connectivity index (χ4v) is 1.98. The van der Waals surface area contributed by atoms with Crippen molar-refractivity contribution in [3.8, 4) is 0 Å². The minimum Gasteiger partial charge on any atom is -0.363 e. The molecule has 1 heterocycles. The molecule has 0 aromatic rings. The standard InChI is InChI=1S/C11H22N2S/c1-3-4-7-12-11(14)13-8-5-10(2)6-9-13/h10H,3-9H2,1-2H3,(H,12,14). The molecule has 0 radical (unpaired) electrons. The summed E-state index contributed by atoms with van der Waals surface area (Å²) in [6.45, 7) is 7.83. The molecule has 1 saturated heterocycles. The fraction of sp³-hybridized carbons (Fsp3) is 0.909. The normalized spacial score (nSPS) is 18.3. The van der Waals surface area contributed by atoms with Crippen LogP contribution in [-0.2, 0) is 0 Å². The number of hydrogen-bond donors (Lipinski definition) is 1. The van der Waals surface area contributed by atoms with Crippen molar-refractivity contribution in [1.29, 1.82) is 0 Å². The maximum atomic E-state index is 5.34. The lowest BCUT2D eigenvalue weighted by Gasteiger charge is -2.32. The first-order valence-electron chi connectivity index (χ1n) is 5.76. The second kappa shape index (κ2) is 6.23. The van der Waals surface area contributed by atoms with Crippen molar-refractivity contribution in [2.45, 2.75) is 39.5 Å². The Hall–Kier alpha value is -0.310. The molecule has 0 unspecified atom stereocenters. The number of unbranched alkanes of at least 4 members (excludes halogenated alkanes) is 1. The van der Waals surface area contributed by atoms with Gasteiger partial charge in [-0.25, -0.2) is 0 Å². The highest BCUT2D eigenvalue weighted by molar-refractivity contribution is 7.80. The van der Waals surface area contributed by atoms with Crippen molar-refractivity contribution in [2.24, 2.45) is 5.92 Å². The molecule has 1 fully saturated rings. The van der Waals surface area contributed by atoms with Gasteiger partial charge in [-0.2, -0.15) is 0 Å². The van der Waals surface area contributed by atoms with Crippen molar-refractivity contribution in [1.82, 2.24) is 10.2 Å². The second-order valence-corrected chi connectivity index (χ2v) is 4.64. The van der Waals surface area contributed by atoms with Gasteiger partial charge < -0.3 is 10.2 Å². The molecule has 2 nitrogen and oxygen atoms in total. The summed E-state index contributed by atoms with van der Waals surface area (Å²) < 4.78 is 0. The van der Waals surface area contributed by atoms with E-state index in [1.54, 1.807) is 0 Å². The van der Waals surface area contributed by atoms with Crippen LogP contribution in [0.25, 0.3) is 0 Å². The Morgan fingerprint density at radius 1 is 1.43 bits per heavy atom. The van der Waals surface area contributed by atoms with E-state index in [0.717, 1.165) is 30.7 Å². The number of likely N-dealkylation sites (tertiary alicyclic amines) is 1. The maximum absolute atomic E-state index is 5.34. The monoisotopic (exact) mass is 214 g/mol. The summed E-state index contributed by atoms with van der Waals surface area (Å²) in [6.07, 6.45) is 5.02. The quantitative estimate of drug-likeness (QED) is 0.574. The molecular formula is C11H22N2S. The SMILES string of the molecule is CCCCNC(=S)N1CCC(C)CC1. The van der Waals surface area contributed by atoms with Gasteiger partial charge in [0.15, 0.2) is 5.11 Å². The van der Waals surface area contributed by atoms with E-state index in [2.05, 4.69) is 24.1 Å². The first kappa shape index (κ1) is 11.8. The summed E-state index contributed by atoms with van der Waals surface area (Å²) in [4.78, 5) is 2.31. The summed E-state index contributed by atoms with van der Waals surface area (Å²) in [7, 11) is 0. The van der Waals surface area contributed by atoms with Crippen molar-refractivity contribution in [2.75, 3.05) is 19.6 Å². The number of rotatable bonds is 3. The predicted octanol–water partition coefficient (Wildman–Crippen LogP) is 2.39. The maximum Gasteiger partial charge on any atom is 0.168 e. The number of nitrogens with zero attached hydrogens (tertiary/aromatic N) is 1. The van der Waals surface area contributed by atoms with Crippen LogP contribution < -0.4 is 5.32 Å². The van der Waals surface area contributed by atoms with E-state index < -0.39 is 0 Å². The topological polar surface area (TPSA) is 15.3 Å². The van der Waals surface area contributed by atoms with Crippen LogP contribution in [0.5, 0.6) is 0 Å². The zero-order chi connectivity index (χ0) is 10.4. The zero-order valence-corrected chi connectivity index (χ0v) is 10.2. The summed E-state index contributed by atoms with van der Waals surface area (Å²) in [5.74, 6) is 0.879. The first-order valence-corrected chi connectivity index (χ1v) is 6.17. The molecular weight excluding hydrogens is 192 g/mol. The van der Waals surface area contributed by atoms with Crippen molar-refractivity contribution < 1.29 is 0 Å². The van der Waals surface area contributed by atoms with Crippen LogP contribution >= 0.6 is 12.2 Å². The average molecular weight is 214 g/mol. The van der Waals surface area contributed by atoms with Crippen LogP contribution in [0.1, 0.15) is 39.5 Å². The summed E-state index contributed by atoms with van der Waals surface area (Å²) in [5.41, 5.74) is 0. The Morgan fingerprint density at radius 2 is 2.07 bits per heavy atom.